The number of hydrogen-bond donors (Lipinski definition) is 2. The number of carbonyl (C=O) groups excluding carboxylic acids is 1. The maximum atomic E-state index is 14.2. The molecule has 0 spiro atoms. The van der Waals surface area contributed by atoms with Gasteiger partial charge in [0.1, 0.15) is 5.82 Å². The number of aliphatic imine (C=N–C) groups is 1. The van der Waals surface area contributed by atoms with Gasteiger partial charge < -0.3 is 5.11 Å². The molecule has 0 aromatic heterocycles. The van der Waals surface area contributed by atoms with Crippen LogP contribution in [0.15, 0.2) is 21.5 Å². The topological polar surface area (TPSA) is 91.1 Å². The van der Waals surface area contributed by atoms with E-state index in [1.165, 1.54) is 30.9 Å². The second-order valence-electron chi connectivity index (χ2n) is 9.26. The van der Waals surface area contributed by atoms with Crippen LogP contribution in [0.2, 0.25) is 0 Å². The van der Waals surface area contributed by atoms with Crippen molar-refractivity contribution in [1.82, 2.24) is 4.72 Å². The van der Waals surface area contributed by atoms with Crippen LogP contribution < -0.4 is 4.72 Å². The predicted molar refractivity (Wildman–Crippen MR) is 128 cm³/mol. The predicted octanol–water partition coefficient (Wildman–Crippen LogP) is 4.38. The first-order chi connectivity index (χ1) is 14.1. The highest BCUT2D eigenvalue weighted by atomic mass is 32.3. The normalized spacial score (nSPS) is 21.2. The summed E-state index contributed by atoms with van der Waals surface area (Å²) in [5, 5.41) is 10.5. The minimum Gasteiger partial charge on any atom is -0.389 e. The molecular formula is C22H34FN3O3S2. The summed E-state index contributed by atoms with van der Waals surface area (Å²) in [7, 11) is -1.90. The number of nitrogens with one attached hydrogen (secondary N) is 1. The van der Waals surface area contributed by atoms with Crippen LogP contribution in [0.1, 0.15) is 77.0 Å². The SMILES string of the molecule is CN=S(=O)(NC(=O)Cc1c(C(C)C)cc(F)cc1C(C)C)C1=NCC(C)(C(C)(C)O)S1. The minimum absolute atomic E-state index is 0.0264. The summed E-state index contributed by atoms with van der Waals surface area (Å²) in [6.07, 6.45) is -0.0332. The lowest BCUT2D eigenvalue weighted by molar-refractivity contribution is -0.118. The molecule has 0 aliphatic carbocycles. The smallest absolute Gasteiger partial charge is 0.237 e. The van der Waals surface area contributed by atoms with Gasteiger partial charge >= 0.3 is 0 Å². The second kappa shape index (κ2) is 9.19. The number of amides is 1. The third-order valence-corrected chi connectivity index (χ3v) is 9.66. The largest absolute Gasteiger partial charge is 0.389 e. The average Bonchev–Trinajstić information content (AvgIpc) is 3.06. The summed E-state index contributed by atoms with van der Waals surface area (Å²) in [4.78, 5) is 17.3. The number of aliphatic hydroxyl groups is 1. The van der Waals surface area contributed by atoms with Crippen LogP contribution in [-0.4, -0.2) is 43.5 Å². The van der Waals surface area contributed by atoms with Crippen LogP contribution >= 0.6 is 11.8 Å². The van der Waals surface area contributed by atoms with Crippen molar-refractivity contribution in [3.8, 4) is 0 Å². The van der Waals surface area contributed by atoms with E-state index in [0.717, 1.165) is 16.7 Å². The van der Waals surface area contributed by atoms with E-state index in [4.69, 9.17) is 0 Å². The zero-order valence-corrected chi connectivity index (χ0v) is 21.2. The maximum Gasteiger partial charge on any atom is 0.237 e. The molecule has 1 heterocycles. The first kappa shape index (κ1) is 25.8. The highest BCUT2D eigenvalue weighted by Gasteiger charge is 2.47. The van der Waals surface area contributed by atoms with Gasteiger partial charge in [0.15, 0.2) is 14.3 Å². The van der Waals surface area contributed by atoms with Crippen LogP contribution in [0.3, 0.4) is 0 Å². The summed E-state index contributed by atoms with van der Waals surface area (Å²) in [5.74, 6) is -0.741. The molecule has 9 heteroatoms. The molecule has 1 aromatic carbocycles. The van der Waals surface area contributed by atoms with E-state index in [2.05, 4.69) is 14.1 Å². The molecule has 174 valence electrons. The molecule has 0 fully saturated rings. The highest BCUT2D eigenvalue weighted by molar-refractivity contribution is 8.36. The highest BCUT2D eigenvalue weighted by Crippen LogP contribution is 2.42. The second-order valence-corrected chi connectivity index (χ2v) is 13.0. The lowest BCUT2D eigenvalue weighted by Crippen LogP contribution is -2.46. The van der Waals surface area contributed by atoms with Crippen molar-refractivity contribution in [1.29, 1.82) is 0 Å². The average molecular weight is 472 g/mol. The Balaban J connectivity index is 2.33. The fourth-order valence-electron chi connectivity index (χ4n) is 3.37. The van der Waals surface area contributed by atoms with E-state index in [0.29, 0.717) is 0 Å². The van der Waals surface area contributed by atoms with Crippen LogP contribution in [0.25, 0.3) is 0 Å². The minimum atomic E-state index is -3.28. The van der Waals surface area contributed by atoms with Crippen molar-refractivity contribution in [3.63, 3.8) is 0 Å². The van der Waals surface area contributed by atoms with E-state index in [1.807, 2.05) is 34.6 Å². The summed E-state index contributed by atoms with van der Waals surface area (Å²) in [5.41, 5.74) is 1.22. The van der Waals surface area contributed by atoms with E-state index in [1.54, 1.807) is 13.8 Å². The molecule has 1 aromatic rings. The molecule has 6 nitrogen and oxygen atoms in total. The molecule has 0 bridgehead atoms. The zero-order chi connectivity index (χ0) is 23.8. The Kier molecular flexibility index (Phi) is 7.65. The van der Waals surface area contributed by atoms with Gasteiger partial charge in [-0.05, 0) is 61.4 Å². The van der Waals surface area contributed by atoms with Gasteiger partial charge in [-0.2, -0.15) is 0 Å². The zero-order valence-electron chi connectivity index (χ0n) is 19.6. The summed E-state index contributed by atoms with van der Waals surface area (Å²) in [6.45, 7) is 13.3. The molecule has 1 aliphatic rings. The molecule has 2 N–H and O–H groups in total. The molecule has 2 rings (SSSR count). The Morgan fingerprint density at radius 3 is 2.23 bits per heavy atom. The Bertz CT molecular complexity index is 977. The van der Waals surface area contributed by atoms with Crippen LogP contribution in [0, 0.1) is 5.82 Å². The number of rotatable bonds is 5. The number of halogens is 1. The van der Waals surface area contributed by atoms with E-state index in [-0.39, 0.29) is 35.0 Å². The number of benzene rings is 1. The van der Waals surface area contributed by atoms with Gasteiger partial charge in [0.25, 0.3) is 0 Å². The molecule has 0 radical (unpaired) electrons. The third-order valence-electron chi connectivity index (χ3n) is 5.73. The molecular weight excluding hydrogens is 437 g/mol. The first-order valence-corrected chi connectivity index (χ1v) is 12.7. The molecule has 0 saturated heterocycles. The monoisotopic (exact) mass is 471 g/mol. The molecule has 1 amide bonds. The van der Waals surface area contributed by atoms with Crippen molar-refractivity contribution in [2.24, 2.45) is 9.36 Å². The van der Waals surface area contributed by atoms with Crippen molar-refractivity contribution in [2.45, 2.75) is 77.1 Å². The van der Waals surface area contributed by atoms with E-state index >= 15 is 0 Å². The van der Waals surface area contributed by atoms with Crippen LogP contribution in [-0.2, 0) is 21.1 Å². The Morgan fingerprint density at radius 1 is 1.32 bits per heavy atom. The summed E-state index contributed by atoms with van der Waals surface area (Å²) < 4.78 is 33.7. The Hall–Kier alpha value is -1.45. The lowest BCUT2D eigenvalue weighted by atomic mass is 9.87. The Morgan fingerprint density at radius 2 is 1.84 bits per heavy atom. The number of thioether (sulfide) groups is 1. The van der Waals surface area contributed by atoms with Gasteiger partial charge in [0.2, 0.25) is 5.91 Å². The Labute approximate surface area is 189 Å². The number of hydrogen-bond acceptors (Lipinski definition) is 6. The fraction of sp³-hybridized carbons (Fsp3) is 0.636. The van der Waals surface area contributed by atoms with Crippen LogP contribution in [0.4, 0.5) is 4.39 Å². The van der Waals surface area contributed by atoms with Crippen LogP contribution in [0.5, 0.6) is 0 Å². The van der Waals surface area contributed by atoms with Crippen molar-refractivity contribution < 1.29 is 18.5 Å². The van der Waals surface area contributed by atoms with Gasteiger partial charge in [0.05, 0.1) is 23.3 Å². The first-order valence-electron chi connectivity index (χ1n) is 10.4. The van der Waals surface area contributed by atoms with Crippen molar-refractivity contribution in [3.05, 3.63) is 34.6 Å². The third kappa shape index (κ3) is 5.49. The quantitative estimate of drug-likeness (QED) is 0.667. The maximum absolute atomic E-state index is 14.2. The molecule has 1 aliphatic heterocycles. The van der Waals surface area contributed by atoms with Gasteiger partial charge in [-0.25, -0.2) is 13.0 Å². The van der Waals surface area contributed by atoms with Gasteiger partial charge in [-0.15, -0.1) is 0 Å². The molecule has 31 heavy (non-hydrogen) atoms. The van der Waals surface area contributed by atoms with Gasteiger partial charge in [-0.1, -0.05) is 39.5 Å². The number of nitrogens with zero attached hydrogens (tertiary/aromatic N) is 2. The van der Waals surface area contributed by atoms with Gasteiger partial charge in [-0.3, -0.25) is 14.5 Å². The van der Waals surface area contributed by atoms with Crippen molar-refractivity contribution in [2.75, 3.05) is 13.6 Å². The molecule has 2 atom stereocenters. The van der Waals surface area contributed by atoms with E-state index in [9.17, 15) is 18.5 Å². The van der Waals surface area contributed by atoms with Crippen molar-refractivity contribution >= 4 is 32.0 Å². The molecule has 2 unspecified atom stereocenters. The summed E-state index contributed by atoms with van der Waals surface area (Å²) in [6, 6.07) is 2.93. The standard InChI is InChI=1S/C22H34FN3O3S2/c1-13(2)16-9-15(23)10-17(14(3)4)18(16)11-19(27)26-31(29,24-8)20-25-12-22(7,30-20)21(5,6)28/h9-10,13-14,28H,11-12H2,1-8H3,(H,24,26,27,29). The number of carbonyl (C=O) groups is 1. The fourth-order valence-corrected chi connectivity index (χ4v) is 6.57. The summed E-state index contributed by atoms with van der Waals surface area (Å²) >= 11 is 1.18. The molecule has 0 saturated carbocycles. The lowest BCUT2D eigenvalue weighted by Gasteiger charge is -2.35. The van der Waals surface area contributed by atoms with E-state index < -0.39 is 26.2 Å². The van der Waals surface area contributed by atoms with Gasteiger partial charge in [0, 0.05) is 7.05 Å².